The Morgan fingerprint density at radius 2 is 1.55 bits per heavy atom. The highest BCUT2D eigenvalue weighted by molar-refractivity contribution is 5.80. The van der Waals surface area contributed by atoms with E-state index in [0.29, 0.717) is 25.9 Å². The Kier molecular flexibility index (Phi) is 5.28. The zero-order valence-corrected chi connectivity index (χ0v) is 10.7. The summed E-state index contributed by atoms with van der Waals surface area (Å²) in [6.07, 6.45) is -10.1. The normalized spacial score (nSPS) is 20.0. The SMILES string of the molecule is CC(NC(=O)C(C(F)(F)F)C(F)(F)F)C1CCNCC1. The Morgan fingerprint density at radius 1 is 1.10 bits per heavy atom. The van der Waals surface area contributed by atoms with Crippen LogP contribution in [0.5, 0.6) is 0 Å². The lowest BCUT2D eigenvalue weighted by Gasteiger charge is -2.30. The number of carbonyl (C=O) groups excluding carboxylic acids is 1. The Morgan fingerprint density at radius 3 is 1.95 bits per heavy atom. The second-order valence-corrected chi connectivity index (χ2v) is 4.90. The van der Waals surface area contributed by atoms with Crippen LogP contribution in [-0.4, -0.2) is 37.4 Å². The fourth-order valence-electron chi connectivity index (χ4n) is 2.25. The zero-order chi connectivity index (χ0) is 15.6. The molecule has 1 heterocycles. The second-order valence-electron chi connectivity index (χ2n) is 4.90. The van der Waals surface area contributed by atoms with Gasteiger partial charge in [-0.3, -0.25) is 4.79 Å². The van der Waals surface area contributed by atoms with Gasteiger partial charge in [-0.25, -0.2) is 0 Å². The summed E-state index contributed by atoms with van der Waals surface area (Å²) in [7, 11) is 0. The summed E-state index contributed by atoms with van der Waals surface area (Å²) in [4.78, 5) is 11.3. The van der Waals surface area contributed by atoms with Crippen LogP contribution in [0.25, 0.3) is 0 Å². The van der Waals surface area contributed by atoms with Crippen molar-refractivity contribution in [1.82, 2.24) is 10.6 Å². The summed E-state index contributed by atoms with van der Waals surface area (Å²) in [5.41, 5.74) is 0. The van der Waals surface area contributed by atoms with Gasteiger partial charge in [0.1, 0.15) is 0 Å². The summed E-state index contributed by atoms with van der Waals surface area (Å²) < 4.78 is 74.2. The molecule has 1 aliphatic rings. The fourth-order valence-corrected chi connectivity index (χ4v) is 2.25. The molecular weight excluding hydrogens is 290 g/mol. The molecule has 118 valence electrons. The lowest BCUT2D eigenvalue weighted by atomic mass is 9.91. The number of carbonyl (C=O) groups is 1. The molecule has 0 bridgehead atoms. The number of nitrogens with one attached hydrogen (secondary N) is 2. The molecule has 0 aliphatic carbocycles. The van der Waals surface area contributed by atoms with E-state index in [1.165, 1.54) is 6.92 Å². The van der Waals surface area contributed by atoms with Gasteiger partial charge in [-0.15, -0.1) is 0 Å². The highest BCUT2D eigenvalue weighted by Crippen LogP contribution is 2.39. The van der Waals surface area contributed by atoms with Gasteiger partial charge in [0, 0.05) is 6.04 Å². The lowest BCUT2D eigenvalue weighted by Crippen LogP contribution is -2.52. The molecule has 0 spiro atoms. The minimum absolute atomic E-state index is 0.123. The van der Waals surface area contributed by atoms with E-state index in [4.69, 9.17) is 0 Å². The van der Waals surface area contributed by atoms with Crippen LogP contribution in [0.15, 0.2) is 0 Å². The highest BCUT2D eigenvalue weighted by atomic mass is 19.4. The molecule has 0 saturated carbocycles. The first-order valence-corrected chi connectivity index (χ1v) is 6.18. The van der Waals surface area contributed by atoms with Crippen LogP contribution in [0.2, 0.25) is 0 Å². The second kappa shape index (κ2) is 6.19. The van der Waals surface area contributed by atoms with Gasteiger partial charge in [0.2, 0.25) is 11.8 Å². The molecule has 9 heteroatoms. The van der Waals surface area contributed by atoms with Crippen molar-refractivity contribution in [2.24, 2.45) is 11.8 Å². The summed E-state index contributed by atoms with van der Waals surface area (Å²) in [6.45, 7) is 2.69. The first kappa shape index (κ1) is 17.1. The van der Waals surface area contributed by atoms with Gasteiger partial charge in [-0.1, -0.05) is 0 Å². The van der Waals surface area contributed by atoms with Crippen molar-refractivity contribution in [2.45, 2.75) is 38.2 Å². The Hall–Kier alpha value is -0.990. The van der Waals surface area contributed by atoms with Gasteiger partial charge in [0.25, 0.3) is 0 Å². The van der Waals surface area contributed by atoms with Gasteiger partial charge in [0.15, 0.2) is 0 Å². The van der Waals surface area contributed by atoms with E-state index in [9.17, 15) is 31.1 Å². The molecule has 1 atom stereocenters. The van der Waals surface area contributed by atoms with Gasteiger partial charge in [-0.05, 0) is 38.8 Å². The monoisotopic (exact) mass is 306 g/mol. The van der Waals surface area contributed by atoms with Crippen molar-refractivity contribution >= 4 is 5.91 Å². The summed E-state index contributed by atoms with van der Waals surface area (Å²) >= 11 is 0. The molecule has 0 aromatic heterocycles. The van der Waals surface area contributed by atoms with Crippen LogP contribution in [0.1, 0.15) is 19.8 Å². The molecule has 1 unspecified atom stereocenters. The van der Waals surface area contributed by atoms with Gasteiger partial charge >= 0.3 is 12.4 Å². The lowest BCUT2D eigenvalue weighted by molar-refractivity contribution is -0.274. The average Bonchev–Trinajstić information content (AvgIpc) is 2.25. The molecular formula is C11H16F6N2O. The van der Waals surface area contributed by atoms with E-state index in [1.807, 2.05) is 5.32 Å². The van der Waals surface area contributed by atoms with Crippen LogP contribution in [-0.2, 0) is 4.79 Å². The maximum atomic E-state index is 12.4. The van der Waals surface area contributed by atoms with E-state index in [2.05, 4.69) is 5.32 Å². The van der Waals surface area contributed by atoms with Crippen LogP contribution in [0.4, 0.5) is 26.3 Å². The molecule has 1 aliphatic heterocycles. The average molecular weight is 306 g/mol. The quantitative estimate of drug-likeness (QED) is 0.785. The van der Waals surface area contributed by atoms with Gasteiger partial charge in [-0.2, -0.15) is 26.3 Å². The first-order chi connectivity index (χ1) is 9.03. The number of rotatable bonds is 3. The molecule has 0 aromatic carbocycles. The number of alkyl halides is 6. The molecule has 0 radical (unpaired) electrons. The van der Waals surface area contributed by atoms with E-state index >= 15 is 0 Å². The fraction of sp³-hybridized carbons (Fsp3) is 0.909. The number of halogens is 6. The molecule has 3 nitrogen and oxygen atoms in total. The Balaban J connectivity index is 2.71. The van der Waals surface area contributed by atoms with Crippen LogP contribution < -0.4 is 10.6 Å². The van der Waals surface area contributed by atoms with Crippen molar-refractivity contribution in [3.05, 3.63) is 0 Å². The van der Waals surface area contributed by atoms with Crippen LogP contribution in [0, 0.1) is 11.8 Å². The molecule has 2 N–H and O–H groups in total. The van der Waals surface area contributed by atoms with E-state index in [-0.39, 0.29) is 5.92 Å². The minimum atomic E-state index is -5.64. The topological polar surface area (TPSA) is 41.1 Å². The number of piperidine rings is 1. The number of amides is 1. The Labute approximate surface area is 112 Å². The maximum Gasteiger partial charge on any atom is 0.409 e. The van der Waals surface area contributed by atoms with Crippen molar-refractivity contribution in [1.29, 1.82) is 0 Å². The number of hydrogen-bond donors (Lipinski definition) is 2. The van der Waals surface area contributed by atoms with Crippen molar-refractivity contribution in [2.75, 3.05) is 13.1 Å². The molecule has 20 heavy (non-hydrogen) atoms. The van der Waals surface area contributed by atoms with Crippen molar-refractivity contribution in [3.8, 4) is 0 Å². The zero-order valence-electron chi connectivity index (χ0n) is 10.7. The predicted molar refractivity (Wildman–Crippen MR) is 58.8 cm³/mol. The van der Waals surface area contributed by atoms with E-state index < -0.39 is 30.2 Å². The summed E-state index contributed by atoms with van der Waals surface area (Å²) in [5.74, 6) is -6.13. The third kappa shape index (κ3) is 4.53. The van der Waals surface area contributed by atoms with Crippen LogP contribution in [0.3, 0.4) is 0 Å². The third-order valence-electron chi connectivity index (χ3n) is 3.38. The minimum Gasteiger partial charge on any atom is -0.353 e. The molecule has 1 rings (SSSR count). The summed E-state index contributed by atoms with van der Waals surface area (Å²) in [5, 5.41) is 4.88. The van der Waals surface area contributed by atoms with Crippen molar-refractivity contribution in [3.63, 3.8) is 0 Å². The van der Waals surface area contributed by atoms with E-state index in [1.54, 1.807) is 0 Å². The standard InChI is InChI=1S/C11H16F6N2O/c1-6(7-2-4-18-5-3-7)19-9(20)8(10(12,13)14)11(15,16)17/h6-8,18H,2-5H2,1H3,(H,19,20). The molecule has 1 fully saturated rings. The first-order valence-electron chi connectivity index (χ1n) is 6.18. The largest absolute Gasteiger partial charge is 0.409 e. The number of hydrogen-bond acceptors (Lipinski definition) is 2. The molecule has 1 amide bonds. The van der Waals surface area contributed by atoms with Crippen LogP contribution >= 0.6 is 0 Å². The Bertz CT molecular complexity index is 321. The van der Waals surface area contributed by atoms with Crippen molar-refractivity contribution < 1.29 is 31.1 Å². The third-order valence-corrected chi connectivity index (χ3v) is 3.38. The van der Waals surface area contributed by atoms with Gasteiger partial charge in [0.05, 0.1) is 0 Å². The predicted octanol–water partition coefficient (Wildman–Crippen LogP) is 2.23. The summed E-state index contributed by atoms with van der Waals surface area (Å²) in [6, 6.07) is -0.725. The highest BCUT2D eigenvalue weighted by Gasteiger charge is 2.61. The smallest absolute Gasteiger partial charge is 0.353 e. The molecule has 0 aromatic rings. The maximum absolute atomic E-state index is 12.4. The van der Waals surface area contributed by atoms with E-state index in [0.717, 1.165) is 0 Å². The van der Waals surface area contributed by atoms with Gasteiger partial charge < -0.3 is 10.6 Å². The molecule has 1 saturated heterocycles.